The van der Waals surface area contributed by atoms with Crippen molar-refractivity contribution in [3.05, 3.63) is 23.5 Å². The van der Waals surface area contributed by atoms with E-state index in [1.165, 1.54) is 6.20 Å². The normalized spacial score (nSPS) is 17.0. The minimum Gasteiger partial charge on any atom is -0.384 e. The van der Waals surface area contributed by atoms with Gasteiger partial charge in [-0.25, -0.2) is 15.0 Å². The maximum absolute atomic E-state index is 6.38. The summed E-state index contributed by atoms with van der Waals surface area (Å²) in [7, 11) is 0. The van der Waals surface area contributed by atoms with Crippen LogP contribution in [0.2, 0.25) is 5.02 Å². The molecular weight excluding hydrogens is 352 g/mol. The van der Waals surface area contributed by atoms with Gasteiger partial charge in [0.05, 0.1) is 11.2 Å². The van der Waals surface area contributed by atoms with E-state index in [1.54, 1.807) is 12.3 Å². The third-order valence-electron chi connectivity index (χ3n) is 5.18. The van der Waals surface area contributed by atoms with Crippen LogP contribution >= 0.6 is 11.6 Å². The van der Waals surface area contributed by atoms with Crippen molar-refractivity contribution in [2.75, 3.05) is 23.7 Å². The van der Waals surface area contributed by atoms with E-state index in [0.29, 0.717) is 33.3 Å². The Morgan fingerprint density at radius 3 is 2.77 bits per heavy atom. The van der Waals surface area contributed by atoms with Gasteiger partial charge in [-0.05, 0) is 25.3 Å². The Labute approximate surface area is 156 Å². The van der Waals surface area contributed by atoms with Crippen LogP contribution < -0.4 is 16.4 Å². The molecule has 0 unspecified atom stereocenters. The van der Waals surface area contributed by atoms with E-state index in [4.69, 9.17) is 23.1 Å². The minimum atomic E-state index is -0.0623. The van der Waals surface area contributed by atoms with E-state index < -0.39 is 0 Å². The van der Waals surface area contributed by atoms with E-state index in [0.717, 1.165) is 38.2 Å². The van der Waals surface area contributed by atoms with Crippen LogP contribution in [-0.2, 0) is 0 Å². The van der Waals surface area contributed by atoms with Gasteiger partial charge in [0, 0.05) is 30.4 Å². The highest BCUT2D eigenvalue weighted by atomic mass is 35.5. The lowest BCUT2D eigenvalue weighted by molar-refractivity contribution is 0.322. The monoisotopic (exact) mass is 372 g/mol. The fourth-order valence-electron chi connectivity index (χ4n) is 3.30. The number of halogens is 1. The summed E-state index contributed by atoms with van der Waals surface area (Å²) in [6, 6.07) is 1.68. The highest BCUT2D eigenvalue weighted by Crippen LogP contribution is 2.32. The second kappa shape index (κ2) is 6.37. The number of fused-ring (bicyclic) bond motifs is 1. The number of aromatic nitrogens is 5. The molecular formula is C17H21ClN8. The number of H-pyrrole nitrogens is 1. The lowest BCUT2D eigenvalue weighted by Gasteiger charge is -2.39. The van der Waals surface area contributed by atoms with Crippen molar-refractivity contribution < 1.29 is 0 Å². The summed E-state index contributed by atoms with van der Waals surface area (Å²) in [6.07, 6.45) is 6.17. The SMILES string of the molecule is CCC1(N)CCN(c2cnc3c(-c4cc(N)ncc4Cl)n[nH]c3n2)CC1. The molecule has 26 heavy (non-hydrogen) atoms. The molecule has 4 heterocycles. The van der Waals surface area contributed by atoms with Gasteiger partial charge in [-0.1, -0.05) is 18.5 Å². The molecule has 3 aromatic rings. The smallest absolute Gasteiger partial charge is 0.177 e. The van der Waals surface area contributed by atoms with Crippen LogP contribution in [0.3, 0.4) is 0 Å². The zero-order chi connectivity index (χ0) is 18.3. The standard InChI is InChI=1S/C17H21ClN8/c1-2-17(20)3-5-26(6-4-17)13-9-22-15-14(24-25-16(15)23-13)10-7-12(19)21-8-11(10)18/h7-9H,2-6,20H2,1H3,(H2,19,21)(H,23,24,25). The van der Waals surface area contributed by atoms with Crippen molar-refractivity contribution in [1.82, 2.24) is 25.1 Å². The number of piperidine rings is 1. The van der Waals surface area contributed by atoms with Crippen molar-refractivity contribution in [2.24, 2.45) is 5.73 Å². The number of nitrogen functional groups attached to an aromatic ring is 1. The molecule has 4 rings (SSSR count). The van der Waals surface area contributed by atoms with E-state index in [1.807, 2.05) is 0 Å². The number of hydrogen-bond donors (Lipinski definition) is 3. The Morgan fingerprint density at radius 1 is 1.27 bits per heavy atom. The summed E-state index contributed by atoms with van der Waals surface area (Å²) in [4.78, 5) is 15.4. The van der Waals surface area contributed by atoms with Crippen LogP contribution in [0, 0.1) is 0 Å². The van der Waals surface area contributed by atoms with Crippen molar-refractivity contribution in [2.45, 2.75) is 31.7 Å². The predicted octanol–water partition coefficient (Wildman–Crippen LogP) is 2.36. The first-order valence-corrected chi connectivity index (χ1v) is 9.03. The van der Waals surface area contributed by atoms with Crippen molar-refractivity contribution in [3.63, 3.8) is 0 Å². The molecule has 5 N–H and O–H groups in total. The molecule has 1 fully saturated rings. The molecule has 0 bridgehead atoms. The van der Waals surface area contributed by atoms with Gasteiger partial charge < -0.3 is 16.4 Å². The molecule has 3 aromatic heterocycles. The highest BCUT2D eigenvalue weighted by Gasteiger charge is 2.29. The Morgan fingerprint density at radius 2 is 2.04 bits per heavy atom. The molecule has 8 nitrogen and oxygen atoms in total. The highest BCUT2D eigenvalue weighted by molar-refractivity contribution is 6.33. The number of hydrogen-bond acceptors (Lipinski definition) is 7. The molecule has 0 atom stereocenters. The lowest BCUT2D eigenvalue weighted by atomic mass is 9.86. The van der Waals surface area contributed by atoms with Crippen LogP contribution in [0.5, 0.6) is 0 Å². The topological polar surface area (TPSA) is 123 Å². The van der Waals surface area contributed by atoms with Gasteiger partial charge in [0.25, 0.3) is 0 Å². The Kier molecular flexibility index (Phi) is 4.16. The number of rotatable bonds is 3. The molecule has 0 aromatic carbocycles. The number of nitrogens with zero attached hydrogens (tertiary/aromatic N) is 5. The first kappa shape index (κ1) is 17.0. The average Bonchev–Trinajstić information content (AvgIpc) is 3.07. The summed E-state index contributed by atoms with van der Waals surface area (Å²) in [5.74, 6) is 1.20. The summed E-state index contributed by atoms with van der Waals surface area (Å²) in [6.45, 7) is 3.89. The molecule has 1 aliphatic rings. The molecule has 9 heteroatoms. The Balaban J connectivity index is 1.65. The van der Waals surface area contributed by atoms with Gasteiger partial charge in [0.2, 0.25) is 0 Å². The van der Waals surface area contributed by atoms with Gasteiger partial charge in [-0.15, -0.1) is 0 Å². The minimum absolute atomic E-state index is 0.0623. The zero-order valence-corrected chi connectivity index (χ0v) is 15.3. The molecule has 0 spiro atoms. The largest absolute Gasteiger partial charge is 0.384 e. The maximum Gasteiger partial charge on any atom is 0.177 e. The molecule has 0 saturated carbocycles. The molecule has 0 amide bonds. The predicted molar refractivity (Wildman–Crippen MR) is 103 cm³/mol. The van der Waals surface area contributed by atoms with Gasteiger partial charge in [-0.3, -0.25) is 5.10 Å². The third-order valence-corrected chi connectivity index (χ3v) is 5.48. The van der Waals surface area contributed by atoms with Crippen LogP contribution in [0.4, 0.5) is 11.6 Å². The molecule has 0 radical (unpaired) electrons. The van der Waals surface area contributed by atoms with Crippen LogP contribution in [-0.4, -0.2) is 43.8 Å². The number of aromatic amines is 1. The second-order valence-electron chi connectivity index (χ2n) is 6.79. The summed E-state index contributed by atoms with van der Waals surface area (Å²) >= 11 is 6.24. The van der Waals surface area contributed by atoms with Crippen molar-refractivity contribution in [1.29, 1.82) is 0 Å². The lowest BCUT2D eigenvalue weighted by Crippen LogP contribution is -2.50. The number of anilines is 2. The fourth-order valence-corrected chi connectivity index (χ4v) is 3.50. The van der Waals surface area contributed by atoms with Crippen molar-refractivity contribution in [3.8, 4) is 11.3 Å². The zero-order valence-electron chi connectivity index (χ0n) is 14.5. The van der Waals surface area contributed by atoms with E-state index in [-0.39, 0.29) is 5.54 Å². The summed E-state index contributed by atoms with van der Waals surface area (Å²) in [5.41, 5.74) is 14.7. The third kappa shape index (κ3) is 2.95. The first-order chi connectivity index (χ1) is 12.5. The fraction of sp³-hybridized carbons (Fsp3) is 0.412. The van der Waals surface area contributed by atoms with Crippen LogP contribution in [0.15, 0.2) is 18.5 Å². The van der Waals surface area contributed by atoms with Gasteiger partial charge in [0.15, 0.2) is 5.65 Å². The first-order valence-electron chi connectivity index (χ1n) is 8.65. The Hall–Kier alpha value is -2.45. The Bertz CT molecular complexity index is 945. The van der Waals surface area contributed by atoms with E-state index in [9.17, 15) is 0 Å². The maximum atomic E-state index is 6.38. The van der Waals surface area contributed by atoms with Gasteiger partial charge >= 0.3 is 0 Å². The number of pyridine rings is 1. The van der Waals surface area contributed by atoms with Crippen LogP contribution in [0.25, 0.3) is 22.4 Å². The summed E-state index contributed by atoms with van der Waals surface area (Å²) in [5, 5.41) is 7.75. The number of nitrogens with one attached hydrogen (secondary N) is 1. The number of nitrogens with two attached hydrogens (primary N) is 2. The van der Waals surface area contributed by atoms with Gasteiger partial charge in [0.1, 0.15) is 22.8 Å². The second-order valence-corrected chi connectivity index (χ2v) is 7.20. The van der Waals surface area contributed by atoms with Gasteiger partial charge in [-0.2, -0.15) is 5.10 Å². The molecule has 1 saturated heterocycles. The van der Waals surface area contributed by atoms with Crippen molar-refractivity contribution >= 4 is 34.4 Å². The molecule has 0 aliphatic carbocycles. The summed E-state index contributed by atoms with van der Waals surface area (Å²) < 4.78 is 0. The van der Waals surface area contributed by atoms with E-state index in [2.05, 4.69) is 37.0 Å². The van der Waals surface area contributed by atoms with E-state index >= 15 is 0 Å². The molecule has 1 aliphatic heterocycles. The molecule has 136 valence electrons. The average molecular weight is 373 g/mol. The quantitative estimate of drug-likeness (QED) is 0.644. The van der Waals surface area contributed by atoms with Crippen LogP contribution in [0.1, 0.15) is 26.2 Å².